The molecule has 0 aliphatic heterocycles. The number of thiazole rings is 1. The first kappa shape index (κ1) is 10.9. The second-order valence-electron chi connectivity index (χ2n) is 4.46. The summed E-state index contributed by atoms with van der Waals surface area (Å²) in [4.78, 5) is 4.46. The van der Waals surface area contributed by atoms with Crippen molar-refractivity contribution in [2.75, 3.05) is 6.61 Å². The largest absolute Gasteiger partial charge is 0.395 e. The molecule has 0 unspecified atom stereocenters. The number of halogens is 1. The van der Waals surface area contributed by atoms with Crippen LogP contribution in [-0.2, 0) is 5.41 Å². The summed E-state index contributed by atoms with van der Waals surface area (Å²) in [6.07, 6.45) is 1.95. The number of aliphatic hydroxyl groups is 1. The van der Waals surface area contributed by atoms with Gasteiger partial charge in [-0.1, -0.05) is 12.1 Å². The molecule has 0 atom stereocenters. The number of hydrogen-bond acceptors (Lipinski definition) is 3. The number of hydrogen-bond donors (Lipinski definition) is 1. The molecule has 1 saturated carbocycles. The fourth-order valence-corrected chi connectivity index (χ4v) is 2.89. The van der Waals surface area contributed by atoms with Crippen molar-refractivity contribution in [2.24, 2.45) is 0 Å². The van der Waals surface area contributed by atoms with Gasteiger partial charge in [-0.2, -0.15) is 0 Å². The monoisotopic (exact) mass is 249 g/mol. The molecule has 1 aliphatic carbocycles. The number of aliphatic hydroxyl groups excluding tert-OH is 1. The summed E-state index contributed by atoms with van der Waals surface area (Å²) in [6, 6.07) is 6.65. The Balaban J connectivity index is 1.99. The minimum atomic E-state index is -0.248. The Labute approximate surface area is 103 Å². The lowest BCUT2D eigenvalue weighted by molar-refractivity contribution is 0.253. The third kappa shape index (κ3) is 1.77. The fourth-order valence-electron chi connectivity index (χ4n) is 1.92. The number of nitrogens with zero attached hydrogens (tertiary/aromatic N) is 1. The zero-order valence-corrected chi connectivity index (χ0v) is 10.0. The molecular weight excluding hydrogens is 237 g/mol. The standard InChI is InChI=1S/C13H12FNOS/c14-10-4-2-1-3-9(10)12-15-11(7-17-12)13(8-16)5-6-13/h1-4,7,16H,5-6,8H2. The van der Waals surface area contributed by atoms with Crippen LogP contribution >= 0.6 is 11.3 Å². The molecule has 2 aromatic rings. The molecule has 1 N–H and O–H groups in total. The maximum Gasteiger partial charge on any atom is 0.133 e. The first-order chi connectivity index (χ1) is 8.25. The van der Waals surface area contributed by atoms with Crippen LogP contribution in [0.1, 0.15) is 18.5 Å². The van der Waals surface area contributed by atoms with Crippen molar-refractivity contribution >= 4 is 11.3 Å². The van der Waals surface area contributed by atoms with E-state index in [0.29, 0.717) is 10.6 Å². The first-order valence-corrected chi connectivity index (χ1v) is 6.45. The van der Waals surface area contributed by atoms with Crippen molar-refractivity contribution in [3.8, 4) is 10.6 Å². The molecule has 2 nitrogen and oxygen atoms in total. The van der Waals surface area contributed by atoms with Crippen molar-refractivity contribution in [3.05, 3.63) is 41.2 Å². The summed E-state index contributed by atoms with van der Waals surface area (Å²) in [7, 11) is 0. The van der Waals surface area contributed by atoms with Crippen LogP contribution in [0.15, 0.2) is 29.6 Å². The Morgan fingerprint density at radius 2 is 2.12 bits per heavy atom. The molecular formula is C13H12FNOS. The van der Waals surface area contributed by atoms with Crippen LogP contribution in [0.4, 0.5) is 4.39 Å². The first-order valence-electron chi connectivity index (χ1n) is 5.57. The van der Waals surface area contributed by atoms with Crippen LogP contribution < -0.4 is 0 Å². The molecule has 1 aliphatic rings. The van der Waals surface area contributed by atoms with Gasteiger partial charge in [0.05, 0.1) is 12.3 Å². The minimum Gasteiger partial charge on any atom is -0.395 e. The summed E-state index contributed by atoms with van der Waals surface area (Å²) in [6.45, 7) is 0.132. The van der Waals surface area contributed by atoms with E-state index in [2.05, 4.69) is 4.98 Å². The molecule has 3 rings (SSSR count). The summed E-state index contributed by atoms with van der Waals surface area (Å²) in [5, 5.41) is 12.0. The second-order valence-corrected chi connectivity index (χ2v) is 5.31. The highest BCUT2D eigenvalue weighted by Gasteiger charge is 2.45. The van der Waals surface area contributed by atoms with E-state index in [9.17, 15) is 9.50 Å². The molecule has 88 valence electrons. The molecule has 1 aromatic carbocycles. The van der Waals surface area contributed by atoms with E-state index in [-0.39, 0.29) is 17.8 Å². The van der Waals surface area contributed by atoms with E-state index in [1.54, 1.807) is 18.2 Å². The van der Waals surface area contributed by atoms with Gasteiger partial charge < -0.3 is 5.11 Å². The average Bonchev–Trinajstić information content (AvgIpc) is 3.00. The van der Waals surface area contributed by atoms with Crippen molar-refractivity contribution in [3.63, 3.8) is 0 Å². The van der Waals surface area contributed by atoms with E-state index in [0.717, 1.165) is 18.5 Å². The van der Waals surface area contributed by atoms with Crippen molar-refractivity contribution in [2.45, 2.75) is 18.3 Å². The second kappa shape index (κ2) is 3.89. The van der Waals surface area contributed by atoms with Crippen LogP contribution in [0.25, 0.3) is 10.6 Å². The lowest BCUT2D eigenvalue weighted by Crippen LogP contribution is -2.12. The Bertz CT molecular complexity index is 548. The SMILES string of the molecule is OCC1(c2csc(-c3ccccc3F)n2)CC1. The van der Waals surface area contributed by atoms with Crippen molar-refractivity contribution < 1.29 is 9.50 Å². The summed E-state index contributed by atoms with van der Waals surface area (Å²) in [5.74, 6) is -0.248. The van der Waals surface area contributed by atoms with Gasteiger partial charge in [0.25, 0.3) is 0 Å². The molecule has 1 aromatic heterocycles. The topological polar surface area (TPSA) is 33.1 Å². The van der Waals surface area contributed by atoms with E-state index >= 15 is 0 Å². The highest BCUT2D eigenvalue weighted by atomic mass is 32.1. The van der Waals surface area contributed by atoms with Gasteiger partial charge in [0.1, 0.15) is 10.8 Å². The molecule has 17 heavy (non-hydrogen) atoms. The average molecular weight is 249 g/mol. The third-order valence-electron chi connectivity index (χ3n) is 3.31. The van der Waals surface area contributed by atoms with E-state index in [1.165, 1.54) is 17.4 Å². The molecule has 0 spiro atoms. The molecule has 0 saturated heterocycles. The molecule has 0 radical (unpaired) electrons. The van der Waals surface area contributed by atoms with Crippen LogP contribution in [0.2, 0.25) is 0 Å². The lowest BCUT2D eigenvalue weighted by Gasteiger charge is -2.06. The van der Waals surface area contributed by atoms with Crippen LogP contribution in [0, 0.1) is 5.82 Å². The predicted octanol–water partition coefficient (Wildman–Crippen LogP) is 2.97. The Hall–Kier alpha value is -1.26. The van der Waals surface area contributed by atoms with Gasteiger partial charge in [-0.15, -0.1) is 11.3 Å². The maximum absolute atomic E-state index is 13.6. The predicted molar refractivity (Wildman–Crippen MR) is 65.5 cm³/mol. The third-order valence-corrected chi connectivity index (χ3v) is 4.18. The van der Waals surface area contributed by atoms with Crippen LogP contribution in [-0.4, -0.2) is 16.7 Å². The summed E-state index contributed by atoms with van der Waals surface area (Å²) < 4.78 is 13.6. The van der Waals surface area contributed by atoms with Gasteiger partial charge in [0.15, 0.2) is 0 Å². The Morgan fingerprint density at radius 1 is 1.35 bits per heavy atom. The number of aromatic nitrogens is 1. The number of rotatable bonds is 3. The Kier molecular flexibility index (Phi) is 2.49. The van der Waals surface area contributed by atoms with Gasteiger partial charge in [-0.3, -0.25) is 0 Å². The van der Waals surface area contributed by atoms with Gasteiger partial charge in [-0.25, -0.2) is 9.37 Å². The summed E-state index contributed by atoms with van der Waals surface area (Å²) in [5.41, 5.74) is 1.31. The van der Waals surface area contributed by atoms with Gasteiger partial charge >= 0.3 is 0 Å². The van der Waals surface area contributed by atoms with Gasteiger partial charge in [-0.05, 0) is 25.0 Å². The van der Waals surface area contributed by atoms with Gasteiger partial charge in [0, 0.05) is 16.4 Å². The van der Waals surface area contributed by atoms with Crippen LogP contribution in [0.3, 0.4) is 0 Å². The van der Waals surface area contributed by atoms with Crippen molar-refractivity contribution in [1.82, 2.24) is 4.98 Å². The molecule has 0 bridgehead atoms. The highest BCUT2D eigenvalue weighted by molar-refractivity contribution is 7.13. The zero-order valence-electron chi connectivity index (χ0n) is 9.19. The zero-order chi connectivity index (χ0) is 11.9. The highest BCUT2D eigenvalue weighted by Crippen LogP contribution is 2.48. The lowest BCUT2D eigenvalue weighted by atomic mass is 10.1. The van der Waals surface area contributed by atoms with E-state index in [1.807, 2.05) is 5.38 Å². The fraction of sp³-hybridized carbons (Fsp3) is 0.308. The quantitative estimate of drug-likeness (QED) is 0.907. The van der Waals surface area contributed by atoms with E-state index in [4.69, 9.17) is 0 Å². The molecule has 0 amide bonds. The Morgan fingerprint density at radius 3 is 2.76 bits per heavy atom. The smallest absolute Gasteiger partial charge is 0.133 e. The minimum absolute atomic E-state index is 0.132. The van der Waals surface area contributed by atoms with Crippen molar-refractivity contribution in [1.29, 1.82) is 0 Å². The number of benzene rings is 1. The normalized spacial score (nSPS) is 17.1. The summed E-state index contributed by atoms with van der Waals surface area (Å²) >= 11 is 1.44. The molecule has 1 heterocycles. The van der Waals surface area contributed by atoms with Gasteiger partial charge in [0.2, 0.25) is 0 Å². The maximum atomic E-state index is 13.6. The van der Waals surface area contributed by atoms with E-state index < -0.39 is 0 Å². The molecule has 1 fully saturated rings. The van der Waals surface area contributed by atoms with Crippen LogP contribution in [0.5, 0.6) is 0 Å². The molecule has 4 heteroatoms.